The number of thioether (sulfide) groups is 1. The first-order valence-corrected chi connectivity index (χ1v) is 16.5. The molecule has 1 atom stereocenters. The first-order chi connectivity index (χ1) is 22.0. The maximum Gasteiger partial charge on any atom is 0.255 e. The van der Waals surface area contributed by atoms with Crippen molar-refractivity contribution in [2.75, 3.05) is 17.2 Å². The van der Waals surface area contributed by atoms with E-state index in [-0.39, 0.29) is 11.8 Å². The lowest BCUT2D eigenvalue weighted by atomic mass is 10.0. The number of thiophene rings is 1. The molecule has 224 valence electrons. The second-order valence-electron chi connectivity index (χ2n) is 10.7. The van der Waals surface area contributed by atoms with Crippen LogP contribution in [0, 0.1) is 11.3 Å². The fraction of sp³-hybridized carbons (Fsp3) is 0.139. The van der Waals surface area contributed by atoms with Crippen LogP contribution in [0.5, 0.6) is 0 Å². The van der Waals surface area contributed by atoms with Gasteiger partial charge in [0.15, 0.2) is 0 Å². The summed E-state index contributed by atoms with van der Waals surface area (Å²) in [6.07, 6.45) is 0.766. The molecule has 5 aromatic rings. The van der Waals surface area contributed by atoms with Gasteiger partial charge in [-0.15, -0.1) is 23.1 Å². The third kappa shape index (κ3) is 7.47. The Morgan fingerprint density at radius 1 is 0.933 bits per heavy atom. The van der Waals surface area contributed by atoms with Gasteiger partial charge in [0, 0.05) is 45.7 Å². The molecule has 1 aliphatic rings. The van der Waals surface area contributed by atoms with Gasteiger partial charge in [-0.2, -0.15) is 5.26 Å². The molecular formula is C36H29ClN4O2S2. The predicted octanol–water partition coefficient (Wildman–Crippen LogP) is 8.56. The highest BCUT2D eigenvalue weighted by molar-refractivity contribution is 8.00. The molecule has 0 fully saturated rings. The van der Waals surface area contributed by atoms with E-state index < -0.39 is 5.25 Å². The number of nitrogens with one attached hydrogen (secondary N) is 2. The number of hydrogen-bond acceptors (Lipinski definition) is 6. The molecule has 1 aromatic heterocycles. The van der Waals surface area contributed by atoms with Gasteiger partial charge in [-0.25, -0.2) is 0 Å². The van der Waals surface area contributed by atoms with Crippen LogP contribution in [0.15, 0.2) is 114 Å². The molecule has 2 N–H and O–H groups in total. The summed E-state index contributed by atoms with van der Waals surface area (Å²) in [5.74, 6) is -0.485. The normalized spacial score (nSPS) is 13.3. The highest BCUT2D eigenvalue weighted by Gasteiger charge is 2.28. The number of amides is 2. The lowest BCUT2D eigenvalue weighted by Crippen LogP contribution is -2.29. The van der Waals surface area contributed by atoms with Crippen molar-refractivity contribution in [3.8, 4) is 6.07 Å². The first kappa shape index (κ1) is 30.6. The fourth-order valence-corrected chi connectivity index (χ4v) is 7.85. The second-order valence-corrected chi connectivity index (χ2v) is 13.4. The lowest BCUT2D eigenvalue weighted by molar-refractivity contribution is -0.115. The molecule has 4 aromatic carbocycles. The van der Waals surface area contributed by atoms with E-state index in [2.05, 4.69) is 33.7 Å². The largest absolute Gasteiger partial charge is 0.322 e. The van der Waals surface area contributed by atoms with E-state index in [1.54, 1.807) is 30.3 Å². The van der Waals surface area contributed by atoms with Crippen LogP contribution in [0.2, 0.25) is 5.02 Å². The monoisotopic (exact) mass is 648 g/mol. The van der Waals surface area contributed by atoms with Crippen molar-refractivity contribution in [1.29, 1.82) is 5.26 Å². The van der Waals surface area contributed by atoms with Gasteiger partial charge in [-0.3, -0.25) is 14.5 Å². The fourth-order valence-electron chi connectivity index (χ4n) is 5.33. The minimum Gasteiger partial charge on any atom is -0.322 e. The number of rotatable bonds is 9. The molecule has 2 heterocycles. The number of anilines is 2. The van der Waals surface area contributed by atoms with Crippen molar-refractivity contribution in [1.82, 2.24) is 4.90 Å². The Bertz CT molecular complexity index is 1870. The van der Waals surface area contributed by atoms with Crippen LogP contribution < -0.4 is 10.6 Å². The molecular weight excluding hydrogens is 620 g/mol. The minimum absolute atomic E-state index is 0.212. The van der Waals surface area contributed by atoms with E-state index >= 15 is 0 Å². The van der Waals surface area contributed by atoms with Crippen molar-refractivity contribution in [2.45, 2.75) is 29.7 Å². The summed E-state index contributed by atoms with van der Waals surface area (Å²) in [6.45, 7) is 2.43. The second kappa shape index (κ2) is 14.1. The highest BCUT2D eigenvalue weighted by atomic mass is 35.5. The zero-order valence-corrected chi connectivity index (χ0v) is 26.6. The summed E-state index contributed by atoms with van der Waals surface area (Å²) in [5, 5.41) is 16.6. The van der Waals surface area contributed by atoms with Gasteiger partial charge in [-0.05, 0) is 59.5 Å². The molecule has 6 rings (SSSR count). The Morgan fingerprint density at radius 2 is 1.69 bits per heavy atom. The van der Waals surface area contributed by atoms with Gasteiger partial charge in [0.2, 0.25) is 5.91 Å². The van der Waals surface area contributed by atoms with Gasteiger partial charge in [0.05, 0.1) is 5.56 Å². The van der Waals surface area contributed by atoms with Crippen LogP contribution >= 0.6 is 34.7 Å². The van der Waals surface area contributed by atoms with Crippen molar-refractivity contribution in [3.05, 3.63) is 147 Å². The lowest BCUT2D eigenvalue weighted by Gasteiger charge is -2.26. The van der Waals surface area contributed by atoms with E-state index in [9.17, 15) is 14.9 Å². The summed E-state index contributed by atoms with van der Waals surface area (Å²) in [5.41, 5.74) is 4.75. The van der Waals surface area contributed by atoms with Gasteiger partial charge in [-0.1, -0.05) is 84.4 Å². The number of carbonyl (C=O) groups excluding carboxylic acids is 2. The average Bonchev–Trinajstić information content (AvgIpc) is 3.40. The molecule has 6 nitrogen and oxygen atoms in total. The first-order valence-electron chi connectivity index (χ1n) is 14.5. The summed E-state index contributed by atoms with van der Waals surface area (Å²) in [6, 6.07) is 36.5. The van der Waals surface area contributed by atoms with Crippen molar-refractivity contribution in [2.24, 2.45) is 0 Å². The van der Waals surface area contributed by atoms with Crippen molar-refractivity contribution >= 4 is 57.2 Å². The van der Waals surface area contributed by atoms with Gasteiger partial charge in [0.1, 0.15) is 16.3 Å². The van der Waals surface area contributed by atoms with Crippen LogP contribution in [0.4, 0.5) is 10.7 Å². The van der Waals surface area contributed by atoms with Crippen LogP contribution in [0.3, 0.4) is 0 Å². The maximum absolute atomic E-state index is 14.0. The molecule has 0 spiro atoms. The number of hydrogen-bond donors (Lipinski definition) is 2. The number of nitrogens with zero attached hydrogens (tertiary/aromatic N) is 2. The predicted molar refractivity (Wildman–Crippen MR) is 183 cm³/mol. The van der Waals surface area contributed by atoms with E-state index in [0.29, 0.717) is 26.8 Å². The molecule has 2 amide bonds. The number of benzene rings is 4. The summed E-state index contributed by atoms with van der Waals surface area (Å²) in [7, 11) is 0. The smallest absolute Gasteiger partial charge is 0.255 e. The van der Waals surface area contributed by atoms with Crippen molar-refractivity contribution < 1.29 is 9.59 Å². The Kier molecular flexibility index (Phi) is 9.63. The third-order valence-corrected chi connectivity index (χ3v) is 10.1. The van der Waals surface area contributed by atoms with Crippen LogP contribution in [0.1, 0.15) is 42.7 Å². The molecule has 45 heavy (non-hydrogen) atoms. The third-order valence-electron chi connectivity index (χ3n) is 7.51. The molecule has 0 saturated heterocycles. The van der Waals surface area contributed by atoms with E-state index in [0.717, 1.165) is 47.0 Å². The minimum atomic E-state index is -0.592. The average molecular weight is 649 g/mol. The molecule has 0 bridgehead atoms. The maximum atomic E-state index is 14.0. The summed E-state index contributed by atoms with van der Waals surface area (Å²) in [4.78, 5) is 31.1. The van der Waals surface area contributed by atoms with E-state index in [4.69, 9.17) is 11.6 Å². The number of nitriles is 1. The number of carbonyl (C=O) groups is 2. The SMILES string of the molecule is N#Cc1c(NC(=O)C(Sc2cccc(NC(=O)c3cccc(Cl)c3)c2)c2ccccc2)sc2c1CCN(Cc1ccccc1)C2. The van der Waals surface area contributed by atoms with Crippen LogP contribution in [0.25, 0.3) is 0 Å². The van der Waals surface area contributed by atoms with Crippen LogP contribution in [-0.4, -0.2) is 23.3 Å². The zero-order valence-electron chi connectivity index (χ0n) is 24.2. The Labute approximate surface area is 275 Å². The van der Waals surface area contributed by atoms with Crippen molar-refractivity contribution in [3.63, 3.8) is 0 Å². The number of fused-ring (bicyclic) bond motifs is 1. The Balaban J connectivity index is 1.20. The van der Waals surface area contributed by atoms with E-state index in [1.807, 2.05) is 66.7 Å². The topological polar surface area (TPSA) is 85.2 Å². The molecule has 1 aliphatic heterocycles. The van der Waals surface area contributed by atoms with Gasteiger partial charge >= 0.3 is 0 Å². The summed E-state index contributed by atoms with van der Waals surface area (Å²) >= 11 is 8.95. The summed E-state index contributed by atoms with van der Waals surface area (Å²) < 4.78 is 0. The molecule has 0 saturated carbocycles. The van der Waals surface area contributed by atoms with E-state index in [1.165, 1.54) is 28.7 Å². The Morgan fingerprint density at radius 3 is 2.44 bits per heavy atom. The molecule has 0 radical (unpaired) electrons. The molecule has 0 aliphatic carbocycles. The Hall–Kier alpha value is -4.39. The standard InChI is InChI=1S/C36H29ClN4O2S2/c37-27-14-7-13-26(19-27)34(42)39-28-15-8-16-29(20-28)44-33(25-11-5-2-6-12-25)35(43)40-36-31(21-38)30-17-18-41(23-32(30)45-36)22-24-9-3-1-4-10-24/h1-16,19-20,33H,17-18,22-23H2,(H,39,42)(H,40,43). The van der Waals surface area contributed by atoms with Gasteiger partial charge < -0.3 is 10.6 Å². The molecule has 9 heteroatoms. The molecule has 1 unspecified atom stereocenters. The van der Waals surface area contributed by atoms with Crippen LogP contribution in [-0.2, 0) is 24.3 Å². The zero-order chi connectivity index (χ0) is 31.2. The highest BCUT2D eigenvalue weighted by Crippen LogP contribution is 2.41. The number of halogens is 1. The quantitative estimate of drug-likeness (QED) is 0.156. The van der Waals surface area contributed by atoms with Gasteiger partial charge in [0.25, 0.3) is 5.91 Å².